The van der Waals surface area contributed by atoms with Gasteiger partial charge in [0.2, 0.25) is 0 Å². The van der Waals surface area contributed by atoms with Gasteiger partial charge < -0.3 is 10.4 Å². The van der Waals surface area contributed by atoms with Crippen LogP contribution < -0.4 is 5.32 Å². The minimum absolute atomic E-state index is 0.260. The molecule has 0 radical (unpaired) electrons. The number of hydrogen-bond acceptors (Lipinski definition) is 2. The highest BCUT2D eigenvalue weighted by molar-refractivity contribution is 4.84. The van der Waals surface area contributed by atoms with Crippen LogP contribution in [0.1, 0.15) is 47.0 Å². The summed E-state index contributed by atoms with van der Waals surface area (Å²) in [6.07, 6.45) is 3.93. The van der Waals surface area contributed by atoms with Gasteiger partial charge in [-0.05, 0) is 37.0 Å². The van der Waals surface area contributed by atoms with Gasteiger partial charge in [-0.2, -0.15) is 0 Å². The van der Waals surface area contributed by atoms with Crippen molar-refractivity contribution < 1.29 is 5.11 Å². The monoisotopic (exact) mass is 213 g/mol. The highest BCUT2D eigenvalue weighted by Crippen LogP contribution is 2.29. The van der Waals surface area contributed by atoms with Gasteiger partial charge in [0.15, 0.2) is 0 Å². The number of aliphatic hydroxyl groups is 1. The Hall–Kier alpha value is -0.0800. The van der Waals surface area contributed by atoms with Gasteiger partial charge in [0.25, 0.3) is 0 Å². The number of hydrogen-bond donors (Lipinski definition) is 2. The van der Waals surface area contributed by atoms with E-state index in [0.717, 1.165) is 11.8 Å². The topological polar surface area (TPSA) is 32.3 Å². The maximum atomic E-state index is 9.30. The van der Waals surface area contributed by atoms with Crippen molar-refractivity contribution in [2.24, 2.45) is 17.8 Å². The molecule has 2 N–H and O–H groups in total. The van der Waals surface area contributed by atoms with E-state index in [1.807, 2.05) is 0 Å². The van der Waals surface area contributed by atoms with Crippen LogP contribution in [0, 0.1) is 17.8 Å². The molecule has 90 valence electrons. The van der Waals surface area contributed by atoms with Crippen LogP contribution in [0.4, 0.5) is 0 Å². The van der Waals surface area contributed by atoms with Crippen molar-refractivity contribution in [2.75, 3.05) is 6.61 Å². The van der Waals surface area contributed by atoms with Gasteiger partial charge >= 0.3 is 0 Å². The first kappa shape index (κ1) is 13.0. The normalized spacial score (nSPS) is 34.4. The largest absolute Gasteiger partial charge is 0.395 e. The molecule has 0 amide bonds. The van der Waals surface area contributed by atoms with Gasteiger partial charge in [-0.15, -0.1) is 0 Å². The van der Waals surface area contributed by atoms with Crippen LogP contribution in [0.2, 0.25) is 0 Å². The van der Waals surface area contributed by atoms with Gasteiger partial charge in [0.1, 0.15) is 0 Å². The van der Waals surface area contributed by atoms with Crippen molar-refractivity contribution in [3.05, 3.63) is 0 Å². The molecule has 1 saturated carbocycles. The lowest BCUT2D eigenvalue weighted by Crippen LogP contribution is -2.48. The average molecular weight is 213 g/mol. The van der Waals surface area contributed by atoms with Gasteiger partial charge in [-0.1, -0.05) is 27.7 Å². The zero-order valence-corrected chi connectivity index (χ0v) is 10.7. The maximum absolute atomic E-state index is 9.30. The molecule has 0 aromatic heterocycles. The second kappa shape index (κ2) is 5.86. The zero-order valence-electron chi connectivity index (χ0n) is 10.7. The van der Waals surface area contributed by atoms with Crippen LogP contribution in [0.15, 0.2) is 0 Å². The SMILES string of the molecule is CC1CCC(N[C@H](CO)C(C)C)C(C)C1. The summed E-state index contributed by atoms with van der Waals surface area (Å²) in [5.74, 6) is 2.15. The van der Waals surface area contributed by atoms with Crippen molar-refractivity contribution in [3.63, 3.8) is 0 Å². The summed E-state index contributed by atoms with van der Waals surface area (Å²) >= 11 is 0. The van der Waals surface area contributed by atoms with E-state index in [0.29, 0.717) is 12.0 Å². The van der Waals surface area contributed by atoms with E-state index in [2.05, 4.69) is 33.0 Å². The van der Waals surface area contributed by atoms with Crippen LogP contribution in [0.3, 0.4) is 0 Å². The fraction of sp³-hybridized carbons (Fsp3) is 1.00. The van der Waals surface area contributed by atoms with E-state index < -0.39 is 0 Å². The molecule has 0 aromatic carbocycles. The van der Waals surface area contributed by atoms with Gasteiger partial charge in [0.05, 0.1) is 6.61 Å². The smallest absolute Gasteiger partial charge is 0.0587 e. The second-order valence-electron chi connectivity index (χ2n) is 5.70. The van der Waals surface area contributed by atoms with Crippen molar-refractivity contribution >= 4 is 0 Å². The Kier molecular flexibility index (Phi) is 5.07. The summed E-state index contributed by atoms with van der Waals surface area (Å²) in [4.78, 5) is 0. The van der Waals surface area contributed by atoms with Gasteiger partial charge in [0, 0.05) is 12.1 Å². The van der Waals surface area contributed by atoms with Crippen molar-refractivity contribution in [3.8, 4) is 0 Å². The van der Waals surface area contributed by atoms with Crippen LogP contribution >= 0.6 is 0 Å². The molecular formula is C13H27NO. The lowest BCUT2D eigenvalue weighted by molar-refractivity contribution is 0.155. The fourth-order valence-electron chi connectivity index (χ4n) is 2.64. The molecule has 1 rings (SSSR count). The summed E-state index contributed by atoms with van der Waals surface area (Å²) in [7, 11) is 0. The quantitative estimate of drug-likeness (QED) is 0.751. The predicted octanol–water partition coefficient (Wildman–Crippen LogP) is 2.42. The van der Waals surface area contributed by atoms with Crippen molar-refractivity contribution in [1.29, 1.82) is 0 Å². The molecule has 4 atom stereocenters. The van der Waals surface area contributed by atoms with Crippen LogP contribution in [-0.2, 0) is 0 Å². The number of nitrogens with one attached hydrogen (secondary N) is 1. The molecule has 2 nitrogen and oxygen atoms in total. The van der Waals surface area contributed by atoms with E-state index in [4.69, 9.17) is 0 Å². The highest BCUT2D eigenvalue weighted by atomic mass is 16.3. The minimum Gasteiger partial charge on any atom is -0.395 e. The third-order valence-electron chi connectivity index (χ3n) is 3.86. The van der Waals surface area contributed by atoms with Crippen molar-refractivity contribution in [2.45, 2.75) is 59.0 Å². The van der Waals surface area contributed by atoms with Crippen LogP contribution in [-0.4, -0.2) is 23.8 Å². The summed E-state index contributed by atoms with van der Waals surface area (Å²) in [6.45, 7) is 9.28. The number of rotatable bonds is 4. The Balaban J connectivity index is 2.43. The van der Waals surface area contributed by atoms with E-state index in [9.17, 15) is 5.11 Å². The molecule has 0 spiro atoms. The van der Waals surface area contributed by atoms with Gasteiger partial charge in [-0.3, -0.25) is 0 Å². The lowest BCUT2D eigenvalue weighted by atomic mass is 9.79. The third-order valence-corrected chi connectivity index (χ3v) is 3.86. The Morgan fingerprint density at radius 3 is 2.40 bits per heavy atom. The Morgan fingerprint density at radius 1 is 1.27 bits per heavy atom. The van der Waals surface area contributed by atoms with Crippen molar-refractivity contribution in [1.82, 2.24) is 5.32 Å². The second-order valence-corrected chi connectivity index (χ2v) is 5.70. The maximum Gasteiger partial charge on any atom is 0.0587 e. The predicted molar refractivity (Wildman–Crippen MR) is 64.8 cm³/mol. The average Bonchev–Trinajstić information content (AvgIpc) is 2.16. The van der Waals surface area contributed by atoms with E-state index in [1.165, 1.54) is 19.3 Å². The van der Waals surface area contributed by atoms with E-state index in [1.54, 1.807) is 0 Å². The molecule has 2 heteroatoms. The molecule has 0 bridgehead atoms. The van der Waals surface area contributed by atoms with E-state index in [-0.39, 0.29) is 12.6 Å². The summed E-state index contributed by atoms with van der Waals surface area (Å²) < 4.78 is 0. The van der Waals surface area contributed by atoms with E-state index >= 15 is 0 Å². The molecule has 0 aliphatic heterocycles. The fourth-order valence-corrected chi connectivity index (χ4v) is 2.64. The highest BCUT2D eigenvalue weighted by Gasteiger charge is 2.27. The molecule has 1 aliphatic rings. The Morgan fingerprint density at radius 2 is 1.93 bits per heavy atom. The summed E-state index contributed by atoms with van der Waals surface area (Å²) in [6, 6.07) is 0.881. The first-order chi connectivity index (χ1) is 7.04. The zero-order chi connectivity index (χ0) is 11.4. The molecule has 3 unspecified atom stereocenters. The molecule has 1 fully saturated rings. The molecule has 0 saturated heterocycles. The summed E-state index contributed by atoms with van der Waals surface area (Å²) in [5.41, 5.74) is 0. The third kappa shape index (κ3) is 3.76. The molecule has 0 heterocycles. The first-order valence-corrected chi connectivity index (χ1v) is 6.41. The first-order valence-electron chi connectivity index (χ1n) is 6.41. The standard InChI is InChI=1S/C13H27NO/c1-9(2)13(8-15)14-12-6-5-10(3)7-11(12)4/h9-15H,5-8H2,1-4H3/t10?,11?,12?,13-/m1/s1. The van der Waals surface area contributed by atoms with Gasteiger partial charge in [-0.25, -0.2) is 0 Å². The van der Waals surface area contributed by atoms with Crippen LogP contribution in [0.25, 0.3) is 0 Å². The Bertz CT molecular complexity index is 181. The molecule has 0 aromatic rings. The minimum atomic E-state index is 0.260. The molecular weight excluding hydrogens is 186 g/mol. The number of aliphatic hydroxyl groups excluding tert-OH is 1. The summed E-state index contributed by atoms with van der Waals surface area (Å²) in [5, 5.41) is 12.9. The molecule has 1 aliphatic carbocycles. The lowest BCUT2D eigenvalue weighted by Gasteiger charge is -2.36. The molecule has 15 heavy (non-hydrogen) atoms. The Labute approximate surface area is 94.5 Å². The van der Waals surface area contributed by atoms with Crippen LogP contribution in [0.5, 0.6) is 0 Å².